The van der Waals surface area contributed by atoms with Gasteiger partial charge >= 0.3 is 0 Å². The van der Waals surface area contributed by atoms with Crippen molar-refractivity contribution in [2.24, 2.45) is 0 Å². The van der Waals surface area contributed by atoms with Gasteiger partial charge in [0.15, 0.2) is 5.82 Å². The van der Waals surface area contributed by atoms with Crippen LogP contribution in [0.3, 0.4) is 0 Å². The van der Waals surface area contributed by atoms with E-state index in [4.69, 9.17) is 0 Å². The van der Waals surface area contributed by atoms with Crippen LogP contribution in [0.1, 0.15) is 22.5 Å². The van der Waals surface area contributed by atoms with Crippen LogP contribution in [0, 0.1) is 13.8 Å². The first-order chi connectivity index (χ1) is 13.6. The zero-order valence-corrected chi connectivity index (χ0v) is 15.9. The Balaban J connectivity index is 1.40. The summed E-state index contributed by atoms with van der Waals surface area (Å²) in [5.41, 5.74) is 4.73. The lowest BCUT2D eigenvalue weighted by Gasteiger charge is -2.08. The van der Waals surface area contributed by atoms with Gasteiger partial charge in [0, 0.05) is 30.0 Å². The second-order valence-electron chi connectivity index (χ2n) is 6.81. The Bertz CT molecular complexity index is 1130. The lowest BCUT2D eigenvalue weighted by atomic mass is 10.1. The maximum Gasteiger partial charge on any atom is 0.224 e. The van der Waals surface area contributed by atoms with Crippen molar-refractivity contribution in [1.82, 2.24) is 25.1 Å². The Morgan fingerprint density at radius 1 is 1.07 bits per heavy atom. The largest absolute Gasteiger partial charge is 0.352 e. The van der Waals surface area contributed by atoms with E-state index in [9.17, 15) is 4.79 Å². The molecule has 0 aliphatic heterocycles. The van der Waals surface area contributed by atoms with E-state index in [0.717, 1.165) is 39.2 Å². The van der Waals surface area contributed by atoms with E-state index < -0.39 is 0 Å². The molecule has 28 heavy (non-hydrogen) atoms. The molecule has 0 aliphatic rings. The summed E-state index contributed by atoms with van der Waals surface area (Å²) in [6.45, 7) is 4.39. The van der Waals surface area contributed by atoms with Gasteiger partial charge in [-0.05, 0) is 43.2 Å². The van der Waals surface area contributed by atoms with Crippen LogP contribution in [-0.2, 0) is 17.8 Å². The van der Waals surface area contributed by atoms with E-state index in [0.29, 0.717) is 13.0 Å². The topological polar surface area (TPSA) is 72.7 Å². The molecule has 0 atom stereocenters. The quantitative estimate of drug-likeness (QED) is 0.584. The Morgan fingerprint density at radius 3 is 2.68 bits per heavy atom. The molecule has 0 aliphatic carbocycles. The number of aryl methyl sites for hydroxylation is 2. The number of carbonyl (C=O) groups is 1. The van der Waals surface area contributed by atoms with Crippen LogP contribution < -0.4 is 5.32 Å². The normalized spacial score (nSPS) is 10.9. The number of rotatable bonds is 5. The van der Waals surface area contributed by atoms with Crippen molar-refractivity contribution in [2.45, 2.75) is 26.8 Å². The maximum atomic E-state index is 12.4. The van der Waals surface area contributed by atoms with Crippen LogP contribution in [0.15, 0.2) is 60.9 Å². The van der Waals surface area contributed by atoms with Crippen molar-refractivity contribution >= 4 is 16.8 Å². The van der Waals surface area contributed by atoms with Gasteiger partial charge in [0.25, 0.3) is 0 Å². The number of carbonyl (C=O) groups excluding carboxylic acids is 1. The lowest BCUT2D eigenvalue weighted by molar-refractivity contribution is -0.120. The number of amides is 1. The molecule has 1 aromatic carbocycles. The van der Waals surface area contributed by atoms with Gasteiger partial charge in [-0.2, -0.15) is 5.10 Å². The van der Waals surface area contributed by atoms with Gasteiger partial charge in [-0.1, -0.05) is 30.3 Å². The molecule has 0 spiro atoms. The third-order valence-corrected chi connectivity index (χ3v) is 4.59. The number of fused-ring (bicyclic) bond motifs is 1. The minimum Gasteiger partial charge on any atom is -0.352 e. The van der Waals surface area contributed by atoms with E-state index in [1.165, 1.54) is 0 Å². The molecular formula is C22H21N5O. The number of aromatic nitrogens is 4. The Morgan fingerprint density at radius 2 is 1.93 bits per heavy atom. The zero-order chi connectivity index (χ0) is 19.5. The second kappa shape index (κ2) is 7.60. The molecule has 3 aromatic heterocycles. The molecule has 3 heterocycles. The van der Waals surface area contributed by atoms with Crippen LogP contribution in [-0.4, -0.2) is 25.7 Å². The molecule has 0 unspecified atom stereocenters. The number of hydrogen-bond donors (Lipinski definition) is 1. The molecule has 0 fully saturated rings. The number of nitrogens with one attached hydrogen (secondary N) is 1. The molecule has 0 radical (unpaired) electrons. The average Bonchev–Trinajstić information content (AvgIpc) is 3.05. The molecule has 6 heteroatoms. The SMILES string of the molecule is Cc1cc(C)n(-c2ccc(CNC(=O)Cc3cccc4cccnc34)cn2)n1. The van der Waals surface area contributed by atoms with Gasteiger partial charge in [-0.25, -0.2) is 9.67 Å². The summed E-state index contributed by atoms with van der Waals surface area (Å²) in [5.74, 6) is 0.725. The molecule has 6 nitrogen and oxygen atoms in total. The molecule has 140 valence electrons. The number of pyridine rings is 2. The Labute approximate surface area is 163 Å². The predicted octanol–water partition coefficient (Wildman–Crippen LogP) is 3.29. The average molecular weight is 371 g/mol. The molecule has 1 N–H and O–H groups in total. The van der Waals surface area contributed by atoms with E-state index >= 15 is 0 Å². The summed E-state index contributed by atoms with van der Waals surface area (Å²) in [5, 5.41) is 8.43. The summed E-state index contributed by atoms with van der Waals surface area (Å²) in [7, 11) is 0. The fraction of sp³-hybridized carbons (Fsp3) is 0.182. The summed E-state index contributed by atoms with van der Waals surface area (Å²) in [4.78, 5) is 21.3. The second-order valence-corrected chi connectivity index (χ2v) is 6.81. The van der Waals surface area contributed by atoms with Crippen molar-refractivity contribution in [2.75, 3.05) is 0 Å². The molecular weight excluding hydrogens is 350 g/mol. The number of hydrogen-bond acceptors (Lipinski definition) is 4. The van der Waals surface area contributed by atoms with E-state index in [-0.39, 0.29) is 5.91 Å². The van der Waals surface area contributed by atoms with Crippen LogP contribution in [0.25, 0.3) is 16.7 Å². The fourth-order valence-corrected chi connectivity index (χ4v) is 3.25. The minimum atomic E-state index is -0.0409. The third-order valence-electron chi connectivity index (χ3n) is 4.59. The summed E-state index contributed by atoms with van der Waals surface area (Å²) in [6, 6.07) is 15.7. The van der Waals surface area contributed by atoms with E-state index in [2.05, 4.69) is 20.4 Å². The van der Waals surface area contributed by atoms with Gasteiger partial charge < -0.3 is 5.32 Å². The third kappa shape index (κ3) is 3.76. The van der Waals surface area contributed by atoms with Gasteiger partial charge in [0.1, 0.15) is 0 Å². The van der Waals surface area contributed by atoms with Crippen molar-refractivity contribution in [3.8, 4) is 5.82 Å². The summed E-state index contributed by atoms with van der Waals surface area (Å²) in [6.07, 6.45) is 3.82. The summed E-state index contributed by atoms with van der Waals surface area (Å²) >= 11 is 0. The molecule has 4 aromatic rings. The monoisotopic (exact) mass is 371 g/mol. The number of benzene rings is 1. The highest BCUT2D eigenvalue weighted by Crippen LogP contribution is 2.16. The number of nitrogens with zero attached hydrogens (tertiary/aromatic N) is 4. The summed E-state index contributed by atoms with van der Waals surface area (Å²) < 4.78 is 1.81. The zero-order valence-electron chi connectivity index (χ0n) is 15.9. The van der Waals surface area contributed by atoms with Crippen LogP contribution in [0.5, 0.6) is 0 Å². The first-order valence-electron chi connectivity index (χ1n) is 9.18. The standard InChI is InChI=1S/C22H21N5O/c1-15-11-16(2)27(26-15)20-9-8-17(13-24-20)14-25-21(28)12-19-6-3-5-18-7-4-10-23-22(18)19/h3-11,13H,12,14H2,1-2H3,(H,25,28). The van der Waals surface area contributed by atoms with E-state index in [1.807, 2.05) is 67.1 Å². The van der Waals surface area contributed by atoms with Crippen LogP contribution in [0.4, 0.5) is 0 Å². The molecule has 4 rings (SSSR count). The molecule has 0 saturated carbocycles. The lowest BCUT2D eigenvalue weighted by Crippen LogP contribution is -2.24. The minimum absolute atomic E-state index is 0.0409. The first-order valence-corrected chi connectivity index (χ1v) is 9.18. The van der Waals surface area contributed by atoms with Crippen LogP contribution in [0.2, 0.25) is 0 Å². The predicted molar refractivity (Wildman–Crippen MR) is 108 cm³/mol. The molecule has 1 amide bonds. The van der Waals surface area contributed by atoms with E-state index in [1.54, 1.807) is 12.4 Å². The molecule has 0 bridgehead atoms. The highest BCUT2D eigenvalue weighted by Gasteiger charge is 2.09. The maximum absolute atomic E-state index is 12.4. The number of para-hydroxylation sites is 1. The van der Waals surface area contributed by atoms with Gasteiger partial charge in [-0.3, -0.25) is 9.78 Å². The van der Waals surface area contributed by atoms with Crippen molar-refractivity contribution in [3.63, 3.8) is 0 Å². The van der Waals surface area contributed by atoms with Gasteiger partial charge in [0.05, 0.1) is 17.6 Å². The highest BCUT2D eigenvalue weighted by atomic mass is 16.1. The smallest absolute Gasteiger partial charge is 0.224 e. The van der Waals surface area contributed by atoms with Crippen LogP contribution >= 0.6 is 0 Å². The fourth-order valence-electron chi connectivity index (χ4n) is 3.25. The molecule has 0 saturated heterocycles. The van der Waals surface area contributed by atoms with Gasteiger partial charge in [-0.15, -0.1) is 0 Å². The highest BCUT2D eigenvalue weighted by molar-refractivity contribution is 5.87. The Hall–Kier alpha value is -3.54. The van der Waals surface area contributed by atoms with Crippen molar-refractivity contribution in [3.05, 3.63) is 83.4 Å². The van der Waals surface area contributed by atoms with Gasteiger partial charge in [0.2, 0.25) is 5.91 Å². The Kier molecular flexibility index (Phi) is 4.85. The van der Waals surface area contributed by atoms with Crippen molar-refractivity contribution < 1.29 is 4.79 Å². The first kappa shape index (κ1) is 17.9. The van der Waals surface area contributed by atoms with Crippen molar-refractivity contribution in [1.29, 1.82) is 0 Å².